The number of nitrogens with zero attached hydrogens (tertiary/aromatic N) is 2. The summed E-state index contributed by atoms with van der Waals surface area (Å²) < 4.78 is 14.3. The molecule has 0 saturated carbocycles. The van der Waals surface area contributed by atoms with Crippen molar-refractivity contribution in [1.82, 2.24) is 0 Å². The van der Waals surface area contributed by atoms with Crippen molar-refractivity contribution in [3.8, 4) is 0 Å². The third-order valence-electron chi connectivity index (χ3n) is 2.10. The summed E-state index contributed by atoms with van der Waals surface area (Å²) in [6.45, 7) is 1.55. The summed E-state index contributed by atoms with van der Waals surface area (Å²) in [6, 6.07) is 0. The fourth-order valence-corrected chi connectivity index (χ4v) is 0.929. The standard InChI is InChI=1S/C9H14N2O5/c1-9(15-3,16-4)5-6(12)7(11-10)8(13)14-2/h5H2,1-4H3/p+1. The number of aliphatic hydroxyl groups excluding tert-OH is 1. The number of esters is 1. The van der Waals surface area contributed by atoms with E-state index in [1.54, 1.807) is 6.92 Å². The zero-order valence-electron chi connectivity index (χ0n) is 9.68. The number of rotatable bonds is 5. The summed E-state index contributed by atoms with van der Waals surface area (Å²) >= 11 is 0. The third-order valence-corrected chi connectivity index (χ3v) is 2.10. The Labute approximate surface area is 93.2 Å². The molecule has 0 saturated heterocycles. The van der Waals surface area contributed by atoms with Crippen LogP contribution in [0.1, 0.15) is 13.3 Å². The molecular formula is C9H15N2O5+. The zero-order chi connectivity index (χ0) is 12.8. The van der Waals surface area contributed by atoms with Gasteiger partial charge in [-0.1, -0.05) is 0 Å². The molecule has 0 aliphatic carbocycles. The molecule has 0 aromatic heterocycles. The predicted octanol–water partition coefficient (Wildman–Crippen LogP) is 1.18. The molecule has 0 atom stereocenters. The first-order chi connectivity index (χ1) is 7.44. The first-order valence-corrected chi connectivity index (χ1v) is 4.40. The molecule has 0 spiro atoms. The van der Waals surface area contributed by atoms with E-state index in [9.17, 15) is 9.90 Å². The molecule has 7 nitrogen and oxygen atoms in total. The molecule has 0 aromatic rings. The lowest BCUT2D eigenvalue weighted by molar-refractivity contribution is -0.195. The quantitative estimate of drug-likeness (QED) is 0.251. The van der Waals surface area contributed by atoms with E-state index in [0.717, 1.165) is 7.11 Å². The van der Waals surface area contributed by atoms with Crippen LogP contribution in [-0.2, 0) is 19.0 Å². The highest BCUT2D eigenvalue weighted by molar-refractivity contribution is 5.90. The van der Waals surface area contributed by atoms with Crippen molar-refractivity contribution in [3.05, 3.63) is 16.4 Å². The van der Waals surface area contributed by atoms with Gasteiger partial charge < -0.3 is 19.3 Å². The number of hydrogen-bond donors (Lipinski definition) is 1. The summed E-state index contributed by atoms with van der Waals surface area (Å²) in [6.07, 6.45) is -0.158. The van der Waals surface area contributed by atoms with Crippen LogP contribution in [0.4, 0.5) is 0 Å². The van der Waals surface area contributed by atoms with Gasteiger partial charge in [-0.25, -0.2) is 4.79 Å². The summed E-state index contributed by atoms with van der Waals surface area (Å²) in [4.78, 5) is 13.7. The molecule has 0 rings (SSSR count). The molecular weight excluding hydrogens is 216 g/mol. The van der Waals surface area contributed by atoms with Crippen molar-refractivity contribution < 1.29 is 24.1 Å². The first-order valence-electron chi connectivity index (χ1n) is 4.40. The second-order valence-electron chi connectivity index (χ2n) is 3.11. The van der Waals surface area contributed by atoms with Gasteiger partial charge in [0.25, 0.3) is 0 Å². The molecule has 16 heavy (non-hydrogen) atoms. The normalized spacial score (nSPS) is 12.7. The Morgan fingerprint density at radius 2 is 1.88 bits per heavy atom. The summed E-state index contributed by atoms with van der Waals surface area (Å²) in [5.74, 6) is -2.55. The van der Waals surface area contributed by atoms with Gasteiger partial charge in [-0.2, -0.15) is 0 Å². The lowest BCUT2D eigenvalue weighted by Gasteiger charge is -2.24. The molecule has 0 heterocycles. The molecule has 0 bridgehead atoms. The van der Waals surface area contributed by atoms with Crippen molar-refractivity contribution in [2.75, 3.05) is 21.3 Å². The maximum absolute atomic E-state index is 11.1. The Hall–Kier alpha value is -1.65. The highest BCUT2D eigenvalue weighted by atomic mass is 16.7. The third kappa shape index (κ3) is 3.49. The second-order valence-corrected chi connectivity index (χ2v) is 3.11. The minimum Gasteiger partial charge on any atom is -0.505 e. The topological polar surface area (TPSA) is 93.1 Å². The molecule has 7 heteroatoms. The highest BCUT2D eigenvalue weighted by Gasteiger charge is 2.35. The number of ether oxygens (including phenoxy) is 3. The fraction of sp³-hybridized carbons (Fsp3) is 0.667. The lowest BCUT2D eigenvalue weighted by Crippen LogP contribution is -2.30. The van der Waals surface area contributed by atoms with E-state index in [2.05, 4.69) is 9.71 Å². The van der Waals surface area contributed by atoms with E-state index in [4.69, 9.17) is 14.9 Å². The van der Waals surface area contributed by atoms with Crippen molar-refractivity contribution >= 4 is 5.97 Å². The van der Waals surface area contributed by atoms with E-state index >= 15 is 0 Å². The van der Waals surface area contributed by atoms with Gasteiger partial charge in [-0.15, -0.1) is 0 Å². The van der Waals surface area contributed by atoms with Gasteiger partial charge in [0.1, 0.15) is 0 Å². The average Bonchev–Trinajstić information content (AvgIpc) is 2.29. The number of hydrogen-bond acceptors (Lipinski definition) is 6. The van der Waals surface area contributed by atoms with Gasteiger partial charge in [-0.3, -0.25) is 0 Å². The summed E-state index contributed by atoms with van der Waals surface area (Å²) in [5.41, 5.74) is -0.581. The number of diazo groups is 1. The predicted molar refractivity (Wildman–Crippen MR) is 53.8 cm³/mol. The molecule has 0 radical (unpaired) electrons. The van der Waals surface area contributed by atoms with Crippen molar-refractivity contribution in [3.63, 3.8) is 0 Å². The van der Waals surface area contributed by atoms with Gasteiger partial charge in [-0.05, 0) is 6.92 Å². The summed E-state index contributed by atoms with van der Waals surface area (Å²) in [7, 11) is 3.86. The monoisotopic (exact) mass is 231 g/mol. The Kier molecular flexibility index (Phi) is 5.42. The average molecular weight is 231 g/mol. The Morgan fingerprint density at radius 1 is 1.38 bits per heavy atom. The van der Waals surface area contributed by atoms with Crippen LogP contribution >= 0.6 is 0 Å². The van der Waals surface area contributed by atoms with Crippen molar-refractivity contribution in [2.45, 2.75) is 19.1 Å². The SMILES string of the molecule is COC(=O)C([N+]#N)=C(O)CC(C)(OC)OC. The Morgan fingerprint density at radius 3 is 2.19 bits per heavy atom. The molecule has 90 valence electrons. The molecule has 1 N–H and O–H groups in total. The van der Waals surface area contributed by atoms with Gasteiger partial charge in [0.15, 0.2) is 10.8 Å². The molecule has 0 fully saturated rings. The number of aliphatic hydroxyl groups is 1. The molecule has 0 amide bonds. The van der Waals surface area contributed by atoms with Gasteiger partial charge in [0.2, 0.25) is 11.2 Å². The van der Waals surface area contributed by atoms with Gasteiger partial charge in [0, 0.05) is 14.2 Å². The molecule has 0 unspecified atom stereocenters. The van der Waals surface area contributed by atoms with Crippen LogP contribution in [-0.4, -0.2) is 38.2 Å². The van der Waals surface area contributed by atoms with E-state index in [-0.39, 0.29) is 6.42 Å². The number of methoxy groups -OCH3 is 3. The Bertz CT molecular complexity index is 327. The maximum atomic E-state index is 11.1. The van der Waals surface area contributed by atoms with Crippen LogP contribution in [0.2, 0.25) is 0 Å². The zero-order valence-corrected chi connectivity index (χ0v) is 9.68. The van der Waals surface area contributed by atoms with Crippen LogP contribution in [0.3, 0.4) is 0 Å². The summed E-state index contributed by atoms with van der Waals surface area (Å²) in [5, 5.41) is 18.1. The van der Waals surface area contributed by atoms with Crippen molar-refractivity contribution in [1.29, 1.82) is 5.39 Å². The van der Waals surface area contributed by atoms with E-state index in [1.807, 2.05) is 0 Å². The van der Waals surface area contributed by atoms with Gasteiger partial charge >= 0.3 is 11.7 Å². The lowest BCUT2D eigenvalue weighted by atomic mass is 10.1. The van der Waals surface area contributed by atoms with Crippen LogP contribution in [0.25, 0.3) is 4.98 Å². The van der Waals surface area contributed by atoms with E-state index in [0.29, 0.717) is 0 Å². The van der Waals surface area contributed by atoms with Crippen LogP contribution in [0.5, 0.6) is 0 Å². The molecule has 0 aliphatic heterocycles. The highest BCUT2D eigenvalue weighted by Crippen LogP contribution is 2.22. The fourth-order valence-electron chi connectivity index (χ4n) is 0.929. The van der Waals surface area contributed by atoms with Crippen LogP contribution in [0.15, 0.2) is 11.5 Å². The smallest absolute Gasteiger partial charge is 0.505 e. The van der Waals surface area contributed by atoms with E-state index < -0.39 is 23.2 Å². The van der Waals surface area contributed by atoms with E-state index in [1.165, 1.54) is 14.2 Å². The van der Waals surface area contributed by atoms with Crippen LogP contribution < -0.4 is 0 Å². The van der Waals surface area contributed by atoms with Gasteiger partial charge in [0.05, 0.1) is 13.5 Å². The first kappa shape index (κ1) is 14.3. The number of carbonyl (C=O) groups is 1. The largest absolute Gasteiger partial charge is 0.505 e. The van der Waals surface area contributed by atoms with Crippen molar-refractivity contribution in [2.24, 2.45) is 0 Å². The second kappa shape index (κ2) is 6.05. The minimum atomic E-state index is -1.12. The van der Waals surface area contributed by atoms with Crippen LogP contribution in [0, 0.1) is 5.39 Å². The molecule has 0 aromatic carbocycles. The number of carbonyl (C=O) groups excluding carboxylic acids is 1. The minimum absolute atomic E-state index is 0.158. The maximum Gasteiger partial charge on any atom is 0.505 e. The Balaban J connectivity index is 5.02. The molecule has 0 aliphatic rings.